The molecular weight excluding hydrogens is 202 g/mol. The molecule has 1 aliphatic carbocycles. The Labute approximate surface area is 98.6 Å². The van der Waals surface area contributed by atoms with Crippen LogP contribution in [-0.4, -0.2) is 22.2 Å². The number of carbonyl (C=O) groups is 1. The Bertz CT molecular complexity index is 235. The van der Waals surface area contributed by atoms with Gasteiger partial charge in [-0.25, -0.2) is 0 Å². The maximum absolute atomic E-state index is 11.6. The van der Waals surface area contributed by atoms with Crippen LogP contribution in [0.2, 0.25) is 0 Å². The topological polar surface area (TPSA) is 49.3 Å². The molecule has 1 rings (SSSR count). The van der Waals surface area contributed by atoms with E-state index in [2.05, 4.69) is 5.32 Å². The highest BCUT2D eigenvalue weighted by Gasteiger charge is 2.40. The number of carboxylic acid groups (broad SMARTS) is 1. The maximum Gasteiger partial charge on any atom is 0.323 e. The van der Waals surface area contributed by atoms with E-state index >= 15 is 0 Å². The van der Waals surface area contributed by atoms with Gasteiger partial charge in [-0.2, -0.15) is 0 Å². The van der Waals surface area contributed by atoms with E-state index in [1.54, 1.807) is 0 Å². The summed E-state index contributed by atoms with van der Waals surface area (Å²) in [5.41, 5.74) is -0.837. The summed E-state index contributed by atoms with van der Waals surface area (Å²) in [7, 11) is 0. The lowest BCUT2D eigenvalue weighted by molar-refractivity contribution is -0.147. The summed E-state index contributed by atoms with van der Waals surface area (Å²) >= 11 is 0. The molecule has 0 aromatic carbocycles. The Balaban J connectivity index is 2.79. The number of nitrogens with one attached hydrogen (secondary N) is 1. The molecule has 0 amide bonds. The summed E-state index contributed by atoms with van der Waals surface area (Å²) in [5, 5.41) is 12.8. The average Bonchev–Trinajstić information content (AvgIpc) is 2.07. The van der Waals surface area contributed by atoms with Crippen molar-refractivity contribution in [1.82, 2.24) is 5.32 Å². The normalized spacial score (nSPS) is 22.2. The number of carboxylic acids is 1. The van der Waals surface area contributed by atoms with Gasteiger partial charge in [0.25, 0.3) is 0 Å². The molecule has 0 aliphatic heterocycles. The first-order valence-corrected chi connectivity index (χ1v) is 6.38. The van der Waals surface area contributed by atoms with E-state index in [9.17, 15) is 9.90 Å². The molecule has 3 nitrogen and oxygen atoms in total. The van der Waals surface area contributed by atoms with Gasteiger partial charge >= 0.3 is 5.97 Å². The zero-order chi connectivity index (χ0) is 12.2. The average molecular weight is 227 g/mol. The Hall–Kier alpha value is -0.570. The molecular formula is C13H25NO2. The number of hydrogen-bond donors (Lipinski definition) is 2. The fourth-order valence-electron chi connectivity index (χ4n) is 2.62. The van der Waals surface area contributed by atoms with Crippen LogP contribution in [0.25, 0.3) is 0 Å². The molecule has 0 bridgehead atoms. The van der Waals surface area contributed by atoms with E-state index in [-0.39, 0.29) is 5.54 Å². The SMILES string of the molecule is CC(C)(C)NC1(C(=O)O)CCCCCCC1. The Morgan fingerprint density at radius 1 is 1.06 bits per heavy atom. The molecule has 1 aliphatic rings. The van der Waals surface area contributed by atoms with Gasteiger partial charge in [-0.3, -0.25) is 10.1 Å². The van der Waals surface area contributed by atoms with E-state index in [0.29, 0.717) is 0 Å². The second-order valence-corrected chi connectivity index (χ2v) is 6.03. The molecule has 0 heterocycles. The van der Waals surface area contributed by atoms with Crippen LogP contribution in [0.3, 0.4) is 0 Å². The molecule has 0 aromatic heterocycles. The molecule has 0 spiro atoms. The van der Waals surface area contributed by atoms with Crippen LogP contribution in [-0.2, 0) is 4.79 Å². The van der Waals surface area contributed by atoms with Gasteiger partial charge < -0.3 is 5.11 Å². The minimum atomic E-state index is -0.696. The summed E-state index contributed by atoms with van der Waals surface area (Å²) < 4.78 is 0. The lowest BCUT2D eigenvalue weighted by Gasteiger charge is -2.38. The highest BCUT2D eigenvalue weighted by atomic mass is 16.4. The molecule has 3 heteroatoms. The summed E-state index contributed by atoms with van der Waals surface area (Å²) in [6, 6.07) is 0. The van der Waals surface area contributed by atoms with E-state index in [1.165, 1.54) is 19.3 Å². The van der Waals surface area contributed by atoms with Gasteiger partial charge in [-0.05, 0) is 33.6 Å². The fourth-order valence-corrected chi connectivity index (χ4v) is 2.62. The fraction of sp³-hybridized carbons (Fsp3) is 0.923. The van der Waals surface area contributed by atoms with Crippen molar-refractivity contribution >= 4 is 5.97 Å². The van der Waals surface area contributed by atoms with Gasteiger partial charge in [-0.15, -0.1) is 0 Å². The van der Waals surface area contributed by atoms with E-state index in [0.717, 1.165) is 25.7 Å². The first kappa shape index (κ1) is 13.5. The molecule has 0 radical (unpaired) electrons. The largest absolute Gasteiger partial charge is 0.480 e. The van der Waals surface area contributed by atoms with Crippen molar-refractivity contribution in [2.24, 2.45) is 0 Å². The molecule has 2 N–H and O–H groups in total. The van der Waals surface area contributed by atoms with Crippen molar-refractivity contribution < 1.29 is 9.90 Å². The quantitative estimate of drug-likeness (QED) is 0.762. The number of aliphatic carboxylic acids is 1. The van der Waals surface area contributed by atoms with Crippen molar-refractivity contribution in [3.63, 3.8) is 0 Å². The van der Waals surface area contributed by atoms with Crippen molar-refractivity contribution in [3.05, 3.63) is 0 Å². The molecule has 1 fully saturated rings. The van der Waals surface area contributed by atoms with Gasteiger partial charge in [-0.1, -0.05) is 32.1 Å². The van der Waals surface area contributed by atoms with Gasteiger partial charge in [0.1, 0.15) is 5.54 Å². The number of rotatable bonds is 2. The summed E-state index contributed by atoms with van der Waals surface area (Å²) in [4.78, 5) is 11.6. The predicted octanol–water partition coefficient (Wildman–Crippen LogP) is 2.94. The zero-order valence-corrected chi connectivity index (χ0v) is 10.8. The van der Waals surface area contributed by atoms with Crippen LogP contribution in [0.1, 0.15) is 65.7 Å². The standard InChI is InChI=1S/C13H25NO2/c1-12(2,3)14-13(11(15)16)9-7-5-4-6-8-10-13/h14H,4-10H2,1-3H3,(H,15,16). The Morgan fingerprint density at radius 2 is 1.50 bits per heavy atom. The third-order valence-corrected chi connectivity index (χ3v) is 3.23. The van der Waals surface area contributed by atoms with E-state index < -0.39 is 11.5 Å². The van der Waals surface area contributed by atoms with Crippen LogP contribution in [0.4, 0.5) is 0 Å². The van der Waals surface area contributed by atoms with Gasteiger partial charge in [0.05, 0.1) is 0 Å². The highest BCUT2D eigenvalue weighted by molar-refractivity contribution is 5.78. The second kappa shape index (κ2) is 5.17. The minimum absolute atomic E-state index is 0.141. The molecule has 0 saturated heterocycles. The second-order valence-electron chi connectivity index (χ2n) is 6.03. The lowest BCUT2D eigenvalue weighted by Crippen LogP contribution is -2.59. The molecule has 0 atom stereocenters. The van der Waals surface area contributed by atoms with Crippen LogP contribution in [0.15, 0.2) is 0 Å². The molecule has 0 unspecified atom stereocenters. The van der Waals surface area contributed by atoms with Crippen LogP contribution in [0, 0.1) is 0 Å². The summed E-state index contributed by atoms with van der Waals surface area (Å²) in [5.74, 6) is -0.677. The highest BCUT2D eigenvalue weighted by Crippen LogP contribution is 2.28. The van der Waals surface area contributed by atoms with Crippen LogP contribution >= 0.6 is 0 Å². The molecule has 16 heavy (non-hydrogen) atoms. The molecule has 0 aromatic rings. The van der Waals surface area contributed by atoms with E-state index in [1.807, 2.05) is 20.8 Å². The third-order valence-electron chi connectivity index (χ3n) is 3.23. The molecule has 94 valence electrons. The van der Waals surface area contributed by atoms with Crippen LogP contribution in [0.5, 0.6) is 0 Å². The first-order chi connectivity index (χ1) is 7.36. The first-order valence-electron chi connectivity index (χ1n) is 6.38. The summed E-state index contributed by atoms with van der Waals surface area (Å²) in [6.07, 6.45) is 7.16. The Kier molecular flexibility index (Phi) is 4.36. The minimum Gasteiger partial charge on any atom is -0.480 e. The van der Waals surface area contributed by atoms with Crippen molar-refractivity contribution in [2.75, 3.05) is 0 Å². The van der Waals surface area contributed by atoms with Crippen molar-refractivity contribution in [2.45, 2.75) is 76.8 Å². The Morgan fingerprint density at radius 3 is 1.88 bits per heavy atom. The van der Waals surface area contributed by atoms with Crippen LogP contribution < -0.4 is 5.32 Å². The smallest absolute Gasteiger partial charge is 0.323 e. The predicted molar refractivity (Wildman–Crippen MR) is 65.6 cm³/mol. The van der Waals surface area contributed by atoms with Gasteiger partial charge in [0.2, 0.25) is 0 Å². The summed E-state index contributed by atoms with van der Waals surface area (Å²) in [6.45, 7) is 6.11. The van der Waals surface area contributed by atoms with Crippen molar-refractivity contribution in [1.29, 1.82) is 0 Å². The van der Waals surface area contributed by atoms with Gasteiger partial charge in [0, 0.05) is 5.54 Å². The maximum atomic E-state index is 11.6. The van der Waals surface area contributed by atoms with Gasteiger partial charge in [0.15, 0.2) is 0 Å². The number of hydrogen-bond acceptors (Lipinski definition) is 2. The third kappa shape index (κ3) is 3.78. The lowest BCUT2D eigenvalue weighted by atomic mass is 9.82. The molecule has 1 saturated carbocycles. The monoisotopic (exact) mass is 227 g/mol. The van der Waals surface area contributed by atoms with E-state index in [4.69, 9.17) is 0 Å². The van der Waals surface area contributed by atoms with Crippen molar-refractivity contribution in [3.8, 4) is 0 Å². The zero-order valence-electron chi connectivity index (χ0n) is 10.8.